The average Bonchev–Trinajstić information content (AvgIpc) is 2.63. The lowest BCUT2D eigenvalue weighted by Crippen LogP contribution is -2.28. The van der Waals surface area contributed by atoms with Gasteiger partial charge < -0.3 is 0 Å². The molecule has 0 saturated heterocycles. The lowest BCUT2D eigenvalue weighted by atomic mass is 9.84. The molecule has 17 heavy (non-hydrogen) atoms. The van der Waals surface area contributed by atoms with E-state index in [0.717, 1.165) is 35.8 Å². The predicted molar refractivity (Wildman–Crippen MR) is 75.5 cm³/mol. The molecule has 98 valence electrons. The molecule has 0 aromatic carbocycles. The van der Waals surface area contributed by atoms with Crippen LogP contribution >= 0.6 is 34.8 Å². The van der Waals surface area contributed by atoms with E-state index in [1.165, 1.54) is 0 Å². The van der Waals surface area contributed by atoms with E-state index in [0.29, 0.717) is 11.8 Å². The number of aryl methyl sites for hydroxylation is 2. The Balaban J connectivity index is 3.08. The molecule has 1 aromatic heterocycles. The largest absolute Gasteiger partial charge is 0.268 e. The van der Waals surface area contributed by atoms with Crippen molar-refractivity contribution in [2.75, 3.05) is 11.8 Å². The van der Waals surface area contributed by atoms with Gasteiger partial charge in [-0.1, -0.05) is 18.5 Å². The summed E-state index contributed by atoms with van der Waals surface area (Å²) in [5.74, 6) is 1.08. The smallest absolute Gasteiger partial charge is 0.0847 e. The van der Waals surface area contributed by atoms with Gasteiger partial charge in [0.15, 0.2) is 0 Å². The van der Waals surface area contributed by atoms with Crippen molar-refractivity contribution in [2.24, 2.45) is 5.41 Å². The van der Waals surface area contributed by atoms with Crippen LogP contribution in [0.5, 0.6) is 0 Å². The van der Waals surface area contributed by atoms with Crippen molar-refractivity contribution in [3.05, 3.63) is 16.4 Å². The van der Waals surface area contributed by atoms with Crippen molar-refractivity contribution < 1.29 is 0 Å². The van der Waals surface area contributed by atoms with Gasteiger partial charge in [-0.2, -0.15) is 5.10 Å². The number of hydrogen-bond acceptors (Lipinski definition) is 1. The van der Waals surface area contributed by atoms with Gasteiger partial charge in [-0.15, -0.1) is 23.2 Å². The lowest BCUT2D eigenvalue weighted by Gasteiger charge is -2.28. The van der Waals surface area contributed by atoms with Crippen LogP contribution in [0.15, 0.2) is 0 Å². The fraction of sp³-hybridized carbons (Fsp3) is 0.750. The number of rotatable bonds is 6. The Kier molecular flexibility index (Phi) is 5.62. The van der Waals surface area contributed by atoms with Gasteiger partial charge in [0.1, 0.15) is 0 Å². The predicted octanol–water partition coefficient (Wildman–Crippen LogP) is 4.28. The van der Waals surface area contributed by atoms with Crippen LogP contribution in [0, 0.1) is 12.3 Å². The van der Waals surface area contributed by atoms with Crippen LogP contribution in [-0.4, -0.2) is 21.5 Å². The molecule has 0 aliphatic heterocycles. The van der Waals surface area contributed by atoms with Crippen molar-refractivity contribution in [1.29, 1.82) is 0 Å². The van der Waals surface area contributed by atoms with E-state index in [1.54, 1.807) is 0 Å². The fourth-order valence-corrected chi connectivity index (χ4v) is 2.89. The van der Waals surface area contributed by atoms with Crippen LogP contribution in [-0.2, 0) is 13.0 Å². The maximum absolute atomic E-state index is 6.30. The quantitative estimate of drug-likeness (QED) is 0.717. The average molecular weight is 298 g/mol. The first-order valence-electron chi connectivity index (χ1n) is 5.87. The van der Waals surface area contributed by atoms with E-state index in [-0.39, 0.29) is 5.41 Å². The SMILES string of the molecule is CCn1nc(C)c(Cl)c1CC(CC)(CCl)CCl. The topological polar surface area (TPSA) is 17.8 Å². The Morgan fingerprint density at radius 1 is 1.24 bits per heavy atom. The lowest BCUT2D eigenvalue weighted by molar-refractivity contribution is 0.349. The fourth-order valence-electron chi connectivity index (χ4n) is 1.84. The summed E-state index contributed by atoms with van der Waals surface area (Å²) in [6, 6.07) is 0. The Morgan fingerprint density at radius 2 is 1.82 bits per heavy atom. The molecule has 0 aliphatic rings. The van der Waals surface area contributed by atoms with E-state index in [9.17, 15) is 0 Å². The molecule has 0 saturated carbocycles. The van der Waals surface area contributed by atoms with Crippen LogP contribution in [0.25, 0.3) is 0 Å². The van der Waals surface area contributed by atoms with Gasteiger partial charge in [-0.3, -0.25) is 4.68 Å². The van der Waals surface area contributed by atoms with Crippen LogP contribution in [0.2, 0.25) is 5.02 Å². The van der Waals surface area contributed by atoms with Crippen molar-refractivity contribution in [3.8, 4) is 0 Å². The third-order valence-corrected chi connectivity index (χ3v) is 4.94. The summed E-state index contributed by atoms with van der Waals surface area (Å²) in [6.07, 6.45) is 1.72. The van der Waals surface area contributed by atoms with Crippen molar-refractivity contribution >= 4 is 34.8 Å². The van der Waals surface area contributed by atoms with Gasteiger partial charge in [0, 0.05) is 23.7 Å². The van der Waals surface area contributed by atoms with E-state index in [2.05, 4.69) is 18.9 Å². The first kappa shape index (κ1) is 15.1. The minimum absolute atomic E-state index is 0.0911. The standard InChI is InChI=1S/C12H19Cl3N2/c1-4-12(7-13,8-14)6-10-11(15)9(3)16-17(10)5-2/h4-8H2,1-3H3. The summed E-state index contributed by atoms with van der Waals surface area (Å²) >= 11 is 18.4. The molecule has 1 heterocycles. The van der Waals surface area contributed by atoms with Gasteiger partial charge in [-0.25, -0.2) is 0 Å². The number of alkyl halides is 2. The highest BCUT2D eigenvalue weighted by Gasteiger charge is 2.30. The molecule has 0 fully saturated rings. The highest BCUT2D eigenvalue weighted by atomic mass is 35.5. The van der Waals surface area contributed by atoms with Crippen molar-refractivity contribution in [3.63, 3.8) is 0 Å². The van der Waals surface area contributed by atoms with E-state index < -0.39 is 0 Å². The molecule has 2 nitrogen and oxygen atoms in total. The number of halogens is 3. The van der Waals surface area contributed by atoms with Crippen LogP contribution in [0.4, 0.5) is 0 Å². The zero-order valence-electron chi connectivity index (χ0n) is 10.6. The molecule has 0 unspecified atom stereocenters. The molecular weight excluding hydrogens is 279 g/mol. The zero-order valence-corrected chi connectivity index (χ0v) is 12.8. The van der Waals surface area contributed by atoms with Crippen molar-refractivity contribution in [2.45, 2.75) is 40.2 Å². The van der Waals surface area contributed by atoms with Crippen LogP contribution in [0.3, 0.4) is 0 Å². The molecule has 0 aliphatic carbocycles. The third kappa shape index (κ3) is 3.10. The molecule has 1 aromatic rings. The maximum atomic E-state index is 6.30. The van der Waals surface area contributed by atoms with E-state index in [4.69, 9.17) is 34.8 Å². The maximum Gasteiger partial charge on any atom is 0.0847 e. The number of hydrogen-bond donors (Lipinski definition) is 0. The van der Waals surface area contributed by atoms with E-state index >= 15 is 0 Å². The Labute approximate surface area is 118 Å². The number of nitrogens with zero attached hydrogens (tertiary/aromatic N) is 2. The van der Waals surface area contributed by atoms with Gasteiger partial charge in [0.2, 0.25) is 0 Å². The number of aromatic nitrogens is 2. The second-order valence-electron chi connectivity index (χ2n) is 4.46. The monoisotopic (exact) mass is 296 g/mol. The second kappa shape index (κ2) is 6.31. The molecular formula is C12H19Cl3N2. The molecule has 1 rings (SSSR count). The third-order valence-electron chi connectivity index (χ3n) is 3.31. The molecule has 5 heteroatoms. The highest BCUT2D eigenvalue weighted by Crippen LogP contribution is 2.33. The molecule has 0 spiro atoms. The molecule has 0 bridgehead atoms. The molecule has 0 radical (unpaired) electrons. The van der Waals surface area contributed by atoms with Gasteiger partial charge in [0.05, 0.1) is 16.4 Å². The Morgan fingerprint density at radius 3 is 2.24 bits per heavy atom. The van der Waals surface area contributed by atoms with Crippen molar-refractivity contribution in [1.82, 2.24) is 9.78 Å². The summed E-state index contributed by atoms with van der Waals surface area (Å²) in [7, 11) is 0. The zero-order chi connectivity index (χ0) is 13.1. The van der Waals surface area contributed by atoms with Crippen LogP contribution in [0.1, 0.15) is 31.7 Å². The Bertz CT molecular complexity index is 362. The summed E-state index contributed by atoms with van der Waals surface area (Å²) in [6.45, 7) is 6.90. The Hall–Kier alpha value is 0.0800. The summed E-state index contributed by atoms with van der Waals surface area (Å²) in [4.78, 5) is 0. The summed E-state index contributed by atoms with van der Waals surface area (Å²) < 4.78 is 1.95. The molecule has 0 N–H and O–H groups in total. The van der Waals surface area contributed by atoms with Gasteiger partial charge >= 0.3 is 0 Å². The van der Waals surface area contributed by atoms with Gasteiger partial charge in [0.25, 0.3) is 0 Å². The van der Waals surface area contributed by atoms with Gasteiger partial charge in [-0.05, 0) is 26.7 Å². The highest BCUT2D eigenvalue weighted by molar-refractivity contribution is 6.31. The minimum atomic E-state index is -0.0911. The van der Waals surface area contributed by atoms with E-state index in [1.807, 2.05) is 11.6 Å². The second-order valence-corrected chi connectivity index (χ2v) is 5.37. The molecule has 0 amide bonds. The summed E-state index contributed by atoms with van der Waals surface area (Å²) in [5.41, 5.74) is 1.83. The normalized spacial score (nSPS) is 12.1. The van der Waals surface area contributed by atoms with Crippen LogP contribution < -0.4 is 0 Å². The first-order chi connectivity index (χ1) is 8.03. The minimum Gasteiger partial charge on any atom is -0.268 e. The molecule has 0 atom stereocenters. The summed E-state index contributed by atoms with van der Waals surface area (Å²) in [5, 5.41) is 5.16. The first-order valence-corrected chi connectivity index (χ1v) is 7.32.